The second kappa shape index (κ2) is 9.85. The van der Waals surface area contributed by atoms with Crippen LogP contribution in [-0.2, 0) is 23.9 Å². The Hall–Kier alpha value is -2.73. The molecule has 0 saturated heterocycles. The molecule has 0 heterocycles. The van der Waals surface area contributed by atoms with Crippen molar-refractivity contribution < 1.29 is 29.0 Å². The Morgan fingerprint density at radius 2 is 1.67 bits per heavy atom. The van der Waals surface area contributed by atoms with E-state index in [-0.39, 0.29) is 25.6 Å². The lowest BCUT2D eigenvalue weighted by molar-refractivity contribution is -0.171. The minimum absolute atomic E-state index is 0.0378. The Morgan fingerprint density at radius 1 is 1.13 bits per heavy atom. The van der Waals surface area contributed by atoms with Gasteiger partial charge in [-0.3, -0.25) is 14.4 Å². The van der Waals surface area contributed by atoms with Crippen LogP contribution in [0.3, 0.4) is 0 Å². The number of esters is 2. The van der Waals surface area contributed by atoms with Crippen molar-refractivity contribution in [2.45, 2.75) is 44.6 Å². The molecule has 0 aliphatic heterocycles. The third-order valence-corrected chi connectivity index (χ3v) is 5.45. The molecule has 0 unspecified atom stereocenters. The average molecular weight is 414 g/mol. The lowest BCUT2D eigenvalue weighted by Crippen LogP contribution is -2.55. The summed E-state index contributed by atoms with van der Waals surface area (Å²) in [7, 11) is 0. The first-order valence-electron chi connectivity index (χ1n) is 10.0. The number of benzene rings is 1. The molecular formula is C24H30O6. The maximum atomic E-state index is 12.9. The van der Waals surface area contributed by atoms with E-state index in [2.05, 4.69) is 27.0 Å². The number of ether oxygens (including phenoxy) is 2. The molecule has 6 nitrogen and oxygen atoms in total. The number of hydrogen-bond donors (Lipinski definition) is 1. The normalized spacial score (nSPS) is 26.2. The summed E-state index contributed by atoms with van der Waals surface area (Å²) in [5.74, 6) is -4.88. The van der Waals surface area contributed by atoms with Crippen LogP contribution in [0.5, 0.6) is 0 Å². The Morgan fingerprint density at radius 3 is 2.17 bits per heavy atom. The highest BCUT2D eigenvalue weighted by atomic mass is 16.5. The average Bonchev–Trinajstić information content (AvgIpc) is 2.69. The van der Waals surface area contributed by atoms with Crippen LogP contribution in [0, 0.1) is 11.8 Å². The molecule has 1 saturated carbocycles. The van der Waals surface area contributed by atoms with E-state index in [0.29, 0.717) is 5.56 Å². The minimum Gasteiger partial charge on any atom is -0.461 e. The molecule has 162 valence electrons. The zero-order valence-electron chi connectivity index (χ0n) is 17.8. The fourth-order valence-electron chi connectivity index (χ4n) is 3.98. The van der Waals surface area contributed by atoms with E-state index in [0.717, 1.165) is 5.56 Å². The van der Waals surface area contributed by atoms with Gasteiger partial charge in [-0.15, -0.1) is 0 Å². The first-order valence-corrected chi connectivity index (χ1v) is 10.0. The van der Waals surface area contributed by atoms with Crippen LogP contribution in [0.25, 0.3) is 0 Å². The van der Waals surface area contributed by atoms with Crippen molar-refractivity contribution in [3.05, 3.63) is 60.7 Å². The standard InChI is InChI=1S/C24H30O6/c1-6-12-29-22(26)20-18(25)14-24(5,28)21(23(27)30-13-7-2)19(20)17-10-8-16(9-11-17)15(3)4/h6-11,15,19-21,28H,1-2,12-14H2,3-5H3/t19-,20-,21-,24+/m1/s1. The van der Waals surface area contributed by atoms with E-state index in [1.54, 1.807) is 12.1 Å². The smallest absolute Gasteiger partial charge is 0.317 e. The van der Waals surface area contributed by atoms with Crippen molar-refractivity contribution in [1.82, 2.24) is 0 Å². The van der Waals surface area contributed by atoms with Crippen molar-refractivity contribution in [2.75, 3.05) is 13.2 Å². The zero-order chi connectivity index (χ0) is 22.5. The van der Waals surface area contributed by atoms with Gasteiger partial charge in [0.05, 0.1) is 11.5 Å². The largest absolute Gasteiger partial charge is 0.461 e. The van der Waals surface area contributed by atoms with E-state index < -0.39 is 41.1 Å². The molecule has 1 aliphatic rings. The number of Topliss-reactive ketones (excluding diaryl/α,β-unsaturated/α-hetero) is 1. The first-order chi connectivity index (χ1) is 14.1. The lowest BCUT2D eigenvalue weighted by Gasteiger charge is -2.43. The van der Waals surface area contributed by atoms with Crippen LogP contribution >= 0.6 is 0 Å². The van der Waals surface area contributed by atoms with Crippen LogP contribution in [0.15, 0.2) is 49.6 Å². The molecule has 1 aliphatic carbocycles. The molecule has 0 spiro atoms. The number of carbonyl (C=O) groups is 3. The quantitative estimate of drug-likeness (QED) is 0.399. The van der Waals surface area contributed by atoms with E-state index in [9.17, 15) is 19.5 Å². The number of aliphatic hydroxyl groups is 1. The third kappa shape index (κ3) is 5.05. The van der Waals surface area contributed by atoms with E-state index in [1.807, 2.05) is 12.1 Å². The number of hydrogen-bond acceptors (Lipinski definition) is 6. The maximum absolute atomic E-state index is 12.9. The zero-order valence-corrected chi connectivity index (χ0v) is 17.8. The molecular weight excluding hydrogens is 384 g/mol. The number of ketones is 1. The number of carbonyl (C=O) groups excluding carboxylic acids is 3. The molecule has 0 aromatic heterocycles. The molecule has 2 rings (SSSR count). The van der Waals surface area contributed by atoms with Gasteiger partial charge in [0, 0.05) is 12.3 Å². The highest BCUT2D eigenvalue weighted by Crippen LogP contribution is 2.46. The molecule has 1 N–H and O–H groups in total. The van der Waals surface area contributed by atoms with Crippen LogP contribution in [-0.4, -0.2) is 41.6 Å². The van der Waals surface area contributed by atoms with Crippen molar-refractivity contribution in [3.63, 3.8) is 0 Å². The van der Waals surface area contributed by atoms with Crippen LogP contribution < -0.4 is 0 Å². The Balaban J connectivity index is 2.57. The van der Waals surface area contributed by atoms with Gasteiger partial charge in [0.2, 0.25) is 0 Å². The van der Waals surface area contributed by atoms with Crippen molar-refractivity contribution >= 4 is 17.7 Å². The van der Waals surface area contributed by atoms with Crippen molar-refractivity contribution in [1.29, 1.82) is 0 Å². The highest BCUT2D eigenvalue weighted by Gasteiger charge is 2.57. The van der Waals surface area contributed by atoms with Gasteiger partial charge < -0.3 is 14.6 Å². The van der Waals surface area contributed by atoms with Crippen molar-refractivity contribution in [2.24, 2.45) is 11.8 Å². The highest BCUT2D eigenvalue weighted by molar-refractivity contribution is 6.02. The van der Waals surface area contributed by atoms with Gasteiger partial charge in [-0.05, 0) is 24.0 Å². The molecule has 0 radical (unpaired) electrons. The summed E-state index contributed by atoms with van der Waals surface area (Å²) >= 11 is 0. The summed E-state index contributed by atoms with van der Waals surface area (Å²) in [6.45, 7) is 12.5. The van der Waals surface area contributed by atoms with Crippen LogP contribution in [0.4, 0.5) is 0 Å². The summed E-state index contributed by atoms with van der Waals surface area (Å²) in [6, 6.07) is 7.37. The predicted molar refractivity (Wildman–Crippen MR) is 113 cm³/mol. The molecule has 1 fully saturated rings. The van der Waals surface area contributed by atoms with Gasteiger partial charge in [0.15, 0.2) is 5.78 Å². The summed E-state index contributed by atoms with van der Waals surface area (Å²) < 4.78 is 10.4. The van der Waals surface area contributed by atoms with Gasteiger partial charge in [-0.25, -0.2) is 0 Å². The Labute approximate surface area is 177 Å². The molecule has 30 heavy (non-hydrogen) atoms. The minimum atomic E-state index is -1.67. The summed E-state index contributed by atoms with van der Waals surface area (Å²) in [5, 5.41) is 11.0. The van der Waals surface area contributed by atoms with E-state index in [4.69, 9.17) is 9.47 Å². The Kier molecular flexibility index (Phi) is 7.73. The maximum Gasteiger partial charge on any atom is 0.317 e. The second-order valence-electron chi connectivity index (χ2n) is 8.14. The summed E-state index contributed by atoms with van der Waals surface area (Å²) in [5.41, 5.74) is -0.00981. The first kappa shape index (κ1) is 23.5. The summed E-state index contributed by atoms with van der Waals surface area (Å²) in [6.07, 6.45) is 2.47. The van der Waals surface area contributed by atoms with Crippen LogP contribution in [0.2, 0.25) is 0 Å². The second-order valence-corrected chi connectivity index (χ2v) is 8.14. The van der Waals surface area contributed by atoms with Gasteiger partial charge in [0.1, 0.15) is 19.1 Å². The van der Waals surface area contributed by atoms with Crippen molar-refractivity contribution in [3.8, 4) is 0 Å². The Bertz CT molecular complexity index is 805. The third-order valence-electron chi connectivity index (χ3n) is 5.45. The fraction of sp³-hybridized carbons (Fsp3) is 0.458. The molecule has 6 heteroatoms. The van der Waals surface area contributed by atoms with E-state index >= 15 is 0 Å². The SMILES string of the molecule is C=CCOC(=O)[C@@H]1C(=O)C[C@](C)(O)[C@@H](C(=O)OCC=C)[C@@H]1c1ccc(C(C)C)cc1. The molecule has 1 aromatic carbocycles. The lowest BCUT2D eigenvalue weighted by atomic mass is 9.61. The molecule has 0 amide bonds. The summed E-state index contributed by atoms with van der Waals surface area (Å²) in [4.78, 5) is 38.6. The van der Waals surface area contributed by atoms with E-state index in [1.165, 1.54) is 19.1 Å². The molecule has 1 aromatic rings. The van der Waals surface area contributed by atoms with Gasteiger partial charge in [-0.2, -0.15) is 0 Å². The number of rotatable bonds is 8. The molecule has 4 atom stereocenters. The monoisotopic (exact) mass is 414 g/mol. The van der Waals surface area contributed by atoms with Crippen LogP contribution in [0.1, 0.15) is 50.2 Å². The topological polar surface area (TPSA) is 89.9 Å². The van der Waals surface area contributed by atoms with Gasteiger partial charge >= 0.3 is 11.9 Å². The fourth-order valence-corrected chi connectivity index (χ4v) is 3.98. The molecule has 0 bridgehead atoms. The van der Waals surface area contributed by atoms with Gasteiger partial charge in [-0.1, -0.05) is 63.4 Å². The predicted octanol–water partition coefficient (Wildman–Crippen LogP) is 3.31. The van der Waals surface area contributed by atoms with Gasteiger partial charge in [0.25, 0.3) is 0 Å².